The molecule has 1 aromatic heterocycles. The number of hydrogen-bond donors (Lipinski definition) is 1. The highest BCUT2D eigenvalue weighted by Crippen LogP contribution is 2.40. The Kier molecular flexibility index (Phi) is 8.76. The molecule has 196 valence electrons. The van der Waals surface area contributed by atoms with Crippen molar-refractivity contribution >= 4 is 23.7 Å². The standard InChI is InChI=1S/C28H34N4O4S/c1-6-14-37-28-30-27-29-19(5)24(26(33)35-8-3)25(32(27)31-28)21-12-13-22(23(16-21)34-7-2)36-17-20-11-9-10-18(4)15-20/h9-13,15-16,25H,6-8,14,17H2,1-5H3,(H,29,30,31). The molecule has 0 saturated heterocycles. The Balaban J connectivity index is 1.72. The number of aromatic nitrogens is 3. The lowest BCUT2D eigenvalue weighted by Gasteiger charge is -2.28. The van der Waals surface area contributed by atoms with E-state index in [2.05, 4.69) is 36.3 Å². The summed E-state index contributed by atoms with van der Waals surface area (Å²) in [5, 5.41) is 8.65. The van der Waals surface area contributed by atoms with Gasteiger partial charge in [0, 0.05) is 11.4 Å². The molecular formula is C28H34N4O4S. The number of nitrogens with zero attached hydrogens (tertiary/aromatic N) is 3. The number of aryl methyl sites for hydroxylation is 1. The molecule has 1 unspecified atom stereocenters. The zero-order chi connectivity index (χ0) is 26.4. The summed E-state index contributed by atoms with van der Waals surface area (Å²) in [6.07, 6.45) is 1.01. The molecule has 1 N–H and O–H groups in total. The molecule has 0 saturated carbocycles. The summed E-state index contributed by atoms with van der Waals surface area (Å²) < 4.78 is 19.3. The fourth-order valence-corrected chi connectivity index (χ4v) is 4.90. The minimum Gasteiger partial charge on any atom is -0.490 e. The highest BCUT2D eigenvalue weighted by Gasteiger charge is 2.35. The molecule has 8 nitrogen and oxygen atoms in total. The summed E-state index contributed by atoms with van der Waals surface area (Å²) in [7, 11) is 0. The van der Waals surface area contributed by atoms with Crippen molar-refractivity contribution in [3.63, 3.8) is 0 Å². The molecule has 0 aliphatic carbocycles. The summed E-state index contributed by atoms with van der Waals surface area (Å²) in [5.74, 6) is 2.35. The predicted octanol–water partition coefficient (Wildman–Crippen LogP) is 5.92. The Labute approximate surface area is 222 Å². The highest BCUT2D eigenvalue weighted by molar-refractivity contribution is 7.99. The van der Waals surface area contributed by atoms with E-state index in [9.17, 15) is 4.79 Å². The van der Waals surface area contributed by atoms with E-state index in [1.165, 1.54) is 5.56 Å². The second kappa shape index (κ2) is 12.2. The number of anilines is 1. The third-order valence-electron chi connectivity index (χ3n) is 5.82. The van der Waals surface area contributed by atoms with Gasteiger partial charge in [-0.1, -0.05) is 54.6 Å². The number of nitrogens with one attached hydrogen (secondary N) is 1. The van der Waals surface area contributed by atoms with Gasteiger partial charge in [-0.3, -0.25) is 0 Å². The van der Waals surface area contributed by atoms with Gasteiger partial charge in [-0.15, -0.1) is 5.10 Å². The summed E-state index contributed by atoms with van der Waals surface area (Å²) >= 11 is 1.59. The largest absolute Gasteiger partial charge is 0.490 e. The number of allylic oxidation sites excluding steroid dienone is 1. The topological polar surface area (TPSA) is 87.5 Å². The molecule has 0 radical (unpaired) electrons. The van der Waals surface area contributed by atoms with Crippen molar-refractivity contribution in [3.8, 4) is 11.5 Å². The van der Waals surface area contributed by atoms with E-state index >= 15 is 0 Å². The number of ether oxygens (including phenoxy) is 3. The third kappa shape index (κ3) is 6.10. The molecule has 2 aromatic carbocycles. The van der Waals surface area contributed by atoms with Crippen LogP contribution in [0.5, 0.6) is 11.5 Å². The maximum absolute atomic E-state index is 13.1. The molecule has 1 atom stereocenters. The Morgan fingerprint density at radius 3 is 2.62 bits per heavy atom. The number of fused-ring (bicyclic) bond motifs is 1. The summed E-state index contributed by atoms with van der Waals surface area (Å²) in [6, 6.07) is 13.4. The first-order valence-electron chi connectivity index (χ1n) is 12.6. The molecule has 4 rings (SSSR count). The highest BCUT2D eigenvalue weighted by atomic mass is 32.2. The van der Waals surface area contributed by atoms with Crippen molar-refractivity contribution in [3.05, 3.63) is 70.4 Å². The van der Waals surface area contributed by atoms with Gasteiger partial charge in [0.25, 0.3) is 0 Å². The van der Waals surface area contributed by atoms with Crippen molar-refractivity contribution in [2.45, 2.75) is 58.8 Å². The molecule has 3 aromatic rings. The Bertz CT molecular complexity index is 1290. The van der Waals surface area contributed by atoms with Gasteiger partial charge in [0.15, 0.2) is 11.5 Å². The molecule has 0 amide bonds. The molecule has 2 heterocycles. The maximum Gasteiger partial charge on any atom is 0.338 e. The predicted molar refractivity (Wildman–Crippen MR) is 145 cm³/mol. The van der Waals surface area contributed by atoms with E-state index in [4.69, 9.17) is 19.3 Å². The lowest BCUT2D eigenvalue weighted by molar-refractivity contribution is -0.139. The van der Waals surface area contributed by atoms with Crippen LogP contribution in [0.2, 0.25) is 0 Å². The van der Waals surface area contributed by atoms with Crippen molar-refractivity contribution in [2.75, 3.05) is 24.3 Å². The first-order chi connectivity index (χ1) is 17.9. The Morgan fingerprint density at radius 1 is 1.05 bits per heavy atom. The molecule has 1 aliphatic heterocycles. The van der Waals surface area contributed by atoms with E-state index in [0.717, 1.165) is 23.3 Å². The van der Waals surface area contributed by atoms with Crippen LogP contribution in [0.1, 0.15) is 56.8 Å². The Morgan fingerprint density at radius 2 is 1.89 bits per heavy atom. The van der Waals surface area contributed by atoms with E-state index in [1.807, 2.05) is 44.2 Å². The fraction of sp³-hybridized carbons (Fsp3) is 0.393. The van der Waals surface area contributed by atoms with Crippen molar-refractivity contribution in [1.29, 1.82) is 0 Å². The van der Waals surface area contributed by atoms with Gasteiger partial charge < -0.3 is 19.5 Å². The summed E-state index contributed by atoms with van der Waals surface area (Å²) in [5.41, 5.74) is 4.27. The van der Waals surface area contributed by atoms with Crippen LogP contribution in [-0.4, -0.2) is 39.7 Å². The molecule has 37 heavy (non-hydrogen) atoms. The minimum absolute atomic E-state index is 0.278. The van der Waals surface area contributed by atoms with Gasteiger partial charge in [-0.25, -0.2) is 9.48 Å². The first kappa shape index (κ1) is 26.6. The number of hydrogen-bond acceptors (Lipinski definition) is 8. The monoisotopic (exact) mass is 522 g/mol. The van der Waals surface area contributed by atoms with Gasteiger partial charge in [0.05, 0.1) is 18.8 Å². The van der Waals surface area contributed by atoms with Crippen molar-refractivity contribution in [1.82, 2.24) is 14.8 Å². The number of carbonyl (C=O) groups is 1. The van der Waals surface area contributed by atoms with Crippen molar-refractivity contribution in [2.24, 2.45) is 0 Å². The number of benzene rings is 2. The lowest BCUT2D eigenvalue weighted by Crippen LogP contribution is -2.29. The zero-order valence-electron chi connectivity index (χ0n) is 22.0. The fourth-order valence-electron chi connectivity index (χ4n) is 4.21. The van der Waals surface area contributed by atoms with Crippen LogP contribution < -0.4 is 14.8 Å². The molecule has 0 spiro atoms. The van der Waals surface area contributed by atoms with Crippen LogP contribution in [0, 0.1) is 6.92 Å². The maximum atomic E-state index is 13.1. The Hall–Kier alpha value is -3.46. The van der Waals surface area contributed by atoms with Crippen LogP contribution in [0.3, 0.4) is 0 Å². The number of carbonyl (C=O) groups excluding carboxylic acids is 1. The van der Waals surface area contributed by atoms with Crippen LogP contribution in [0.4, 0.5) is 5.95 Å². The van der Waals surface area contributed by atoms with E-state index in [1.54, 1.807) is 23.4 Å². The molecule has 9 heteroatoms. The third-order valence-corrected chi connectivity index (χ3v) is 6.87. The average molecular weight is 523 g/mol. The van der Waals surface area contributed by atoms with Crippen LogP contribution in [0.25, 0.3) is 0 Å². The van der Waals surface area contributed by atoms with Crippen LogP contribution in [-0.2, 0) is 16.1 Å². The number of rotatable bonds is 11. The molecular weight excluding hydrogens is 488 g/mol. The van der Waals surface area contributed by atoms with E-state index < -0.39 is 6.04 Å². The quantitative estimate of drug-likeness (QED) is 0.245. The SMILES string of the molecule is CCCSc1nc2n(n1)C(c1ccc(OCc3cccc(C)c3)c(OCC)c1)C(C(=O)OCC)=C(C)N2. The van der Waals surface area contributed by atoms with Gasteiger partial charge in [-0.05, 0) is 57.4 Å². The van der Waals surface area contributed by atoms with Crippen LogP contribution in [0.15, 0.2) is 58.9 Å². The second-order valence-electron chi connectivity index (χ2n) is 8.71. The molecule has 0 fully saturated rings. The second-order valence-corrected chi connectivity index (χ2v) is 9.78. The normalized spacial score (nSPS) is 14.7. The first-order valence-corrected chi connectivity index (χ1v) is 13.6. The lowest BCUT2D eigenvalue weighted by atomic mass is 9.95. The summed E-state index contributed by atoms with van der Waals surface area (Å²) in [6.45, 7) is 10.9. The average Bonchev–Trinajstić information content (AvgIpc) is 3.28. The molecule has 0 bridgehead atoms. The zero-order valence-corrected chi connectivity index (χ0v) is 22.9. The van der Waals surface area contributed by atoms with Gasteiger partial charge in [0.1, 0.15) is 12.6 Å². The van der Waals surface area contributed by atoms with Crippen molar-refractivity contribution < 1.29 is 19.0 Å². The number of esters is 1. The summed E-state index contributed by atoms with van der Waals surface area (Å²) in [4.78, 5) is 17.8. The van der Waals surface area contributed by atoms with E-state index in [-0.39, 0.29) is 12.6 Å². The van der Waals surface area contributed by atoms with Gasteiger partial charge in [-0.2, -0.15) is 4.98 Å². The number of thioether (sulfide) groups is 1. The van der Waals surface area contributed by atoms with Crippen LogP contribution >= 0.6 is 11.8 Å². The van der Waals surface area contributed by atoms with Gasteiger partial charge in [0.2, 0.25) is 11.1 Å². The minimum atomic E-state index is -0.524. The van der Waals surface area contributed by atoms with E-state index in [0.29, 0.717) is 47.1 Å². The molecule has 1 aliphatic rings. The van der Waals surface area contributed by atoms with Gasteiger partial charge >= 0.3 is 5.97 Å². The smallest absolute Gasteiger partial charge is 0.338 e.